The third kappa shape index (κ3) is 2.85. The van der Waals surface area contributed by atoms with E-state index in [1.54, 1.807) is 18.5 Å². The van der Waals surface area contributed by atoms with Crippen molar-refractivity contribution in [1.29, 1.82) is 0 Å². The number of nitrogens with zero attached hydrogens (tertiary/aromatic N) is 4. The Labute approximate surface area is 143 Å². The zero-order chi connectivity index (χ0) is 17.4. The molecule has 7 nitrogen and oxygen atoms in total. The molecule has 1 aromatic carbocycles. The normalized spacial score (nSPS) is 18.0. The summed E-state index contributed by atoms with van der Waals surface area (Å²) in [6, 6.07) is 5.69. The Kier molecular flexibility index (Phi) is 3.89. The molecule has 4 rings (SSSR count). The second kappa shape index (κ2) is 6.21. The first-order valence-electron chi connectivity index (χ1n) is 8.15. The fourth-order valence-corrected chi connectivity index (χ4v) is 3.29. The van der Waals surface area contributed by atoms with E-state index in [9.17, 15) is 14.0 Å². The number of fused-ring (bicyclic) bond motifs is 1. The predicted molar refractivity (Wildman–Crippen MR) is 88.0 cm³/mol. The van der Waals surface area contributed by atoms with Crippen molar-refractivity contribution in [3.8, 4) is 0 Å². The number of piperazine rings is 1. The van der Waals surface area contributed by atoms with E-state index in [1.165, 1.54) is 21.9 Å². The van der Waals surface area contributed by atoms with Crippen LogP contribution in [0.2, 0.25) is 0 Å². The number of hydrogen-bond donors (Lipinski definition) is 1. The number of anilines is 2. The summed E-state index contributed by atoms with van der Waals surface area (Å²) < 4.78 is 13.3. The number of hydrogen-bond acceptors (Lipinski definition) is 5. The van der Waals surface area contributed by atoms with Crippen molar-refractivity contribution in [3.63, 3.8) is 0 Å². The lowest BCUT2D eigenvalue weighted by Crippen LogP contribution is -3.16. The first-order valence-corrected chi connectivity index (χ1v) is 8.15. The summed E-state index contributed by atoms with van der Waals surface area (Å²) in [6.45, 7) is 3.53. The molecule has 2 aliphatic heterocycles. The van der Waals surface area contributed by atoms with Crippen molar-refractivity contribution in [1.82, 2.24) is 9.97 Å². The van der Waals surface area contributed by atoms with Gasteiger partial charge in [0.05, 0.1) is 37.4 Å². The molecular weight excluding hydrogens is 325 g/mol. The van der Waals surface area contributed by atoms with Gasteiger partial charge in [-0.2, -0.15) is 0 Å². The lowest BCUT2D eigenvalue weighted by molar-refractivity contribution is -0.899. The summed E-state index contributed by atoms with van der Waals surface area (Å²) in [6.07, 6.45) is 3.43. The molecule has 25 heavy (non-hydrogen) atoms. The zero-order valence-corrected chi connectivity index (χ0v) is 13.5. The molecule has 1 aromatic heterocycles. The largest absolute Gasteiger partial charge is 0.330 e. The molecule has 3 heterocycles. The van der Waals surface area contributed by atoms with Gasteiger partial charge in [-0.15, -0.1) is 0 Å². The number of amides is 1. The molecule has 0 spiro atoms. The SMILES string of the molecule is O=C1C(=O)N(C[NH+]2CCN(c3ncccn3)CC2)c2ccc(F)cc21. The van der Waals surface area contributed by atoms with E-state index in [0.717, 1.165) is 32.2 Å². The number of carbonyl (C=O) groups excluding carboxylic acids is 2. The van der Waals surface area contributed by atoms with Crippen LogP contribution in [0.25, 0.3) is 0 Å². The van der Waals surface area contributed by atoms with Gasteiger partial charge in [-0.3, -0.25) is 14.5 Å². The van der Waals surface area contributed by atoms with Gasteiger partial charge in [-0.25, -0.2) is 14.4 Å². The molecular formula is C17H17FN5O2+. The lowest BCUT2D eigenvalue weighted by atomic mass is 10.1. The molecule has 2 aliphatic rings. The zero-order valence-electron chi connectivity index (χ0n) is 13.5. The van der Waals surface area contributed by atoms with Crippen molar-refractivity contribution >= 4 is 23.3 Å². The molecule has 128 valence electrons. The number of benzene rings is 1. The third-order valence-electron chi connectivity index (χ3n) is 4.62. The smallest absolute Gasteiger partial charge is 0.303 e. The minimum atomic E-state index is -0.634. The topological polar surface area (TPSA) is 70.8 Å². The van der Waals surface area contributed by atoms with Gasteiger partial charge in [0.1, 0.15) is 5.82 Å². The van der Waals surface area contributed by atoms with Gasteiger partial charge in [0.2, 0.25) is 5.95 Å². The maximum atomic E-state index is 13.3. The highest BCUT2D eigenvalue weighted by atomic mass is 19.1. The molecule has 8 heteroatoms. The average Bonchev–Trinajstić information content (AvgIpc) is 2.88. The van der Waals surface area contributed by atoms with Crippen LogP contribution >= 0.6 is 0 Å². The Balaban J connectivity index is 1.44. The highest BCUT2D eigenvalue weighted by Crippen LogP contribution is 2.28. The first kappa shape index (κ1) is 15.6. The number of quaternary nitrogens is 1. The Hall–Kier alpha value is -2.87. The highest BCUT2D eigenvalue weighted by Gasteiger charge is 2.38. The molecule has 0 aliphatic carbocycles. The van der Waals surface area contributed by atoms with Crippen LogP contribution in [0.1, 0.15) is 10.4 Å². The van der Waals surface area contributed by atoms with E-state index >= 15 is 0 Å². The molecule has 1 amide bonds. The Morgan fingerprint density at radius 2 is 1.84 bits per heavy atom. The van der Waals surface area contributed by atoms with Gasteiger partial charge in [-0.05, 0) is 24.3 Å². The molecule has 0 unspecified atom stereocenters. The van der Waals surface area contributed by atoms with Crippen molar-refractivity contribution in [2.45, 2.75) is 0 Å². The molecule has 0 radical (unpaired) electrons. The lowest BCUT2D eigenvalue weighted by Gasteiger charge is -2.33. The van der Waals surface area contributed by atoms with Crippen molar-refractivity contribution in [3.05, 3.63) is 48.0 Å². The van der Waals surface area contributed by atoms with Crippen LogP contribution in [0, 0.1) is 5.82 Å². The fourth-order valence-electron chi connectivity index (χ4n) is 3.29. The Morgan fingerprint density at radius 3 is 2.56 bits per heavy atom. The maximum absolute atomic E-state index is 13.3. The van der Waals surface area contributed by atoms with Crippen LogP contribution in [0.4, 0.5) is 16.0 Å². The number of carbonyl (C=O) groups is 2. The van der Waals surface area contributed by atoms with Gasteiger partial charge in [-0.1, -0.05) is 0 Å². The monoisotopic (exact) mass is 342 g/mol. The van der Waals surface area contributed by atoms with E-state index in [4.69, 9.17) is 0 Å². The molecule has 2 aromatic rings. The van der Waals surface area contributed by atoms with Crippen LogP contribution in [0.5, 0.6) is 0 Å². The van der Waals surface area contributed by atoms with E-state index in [2.05, 4.69) is 14.9 Å². The van der Waals surface area contributed by atoms with Crippen LogP contribution in [0.3, 0.4) is 0 Å². The number of ketones is 1. The predicted octanol–water partition coefficient (Wildman–Crippen LogP) is -0.492. The molecule has 0 bridgehead atoms. The summed E-state index contributed by atoms with van der Waals surface area (Å²) in [7, 11) is 0. The molecule has 0 saturated carbocycles. The molecule has 0 atom stereocenters. The van der Waals surface area contributed by atoms with Gasteiger partial charge < -0.3 is 9.80 Å². The van der Waals surface area contributed by atoms with E-state index in [0.29, 0.717) is 18.3 Å². The second-order valence-electron chi connectivity index (χ2n) is 6.17. The van der Waals surface area contributed by atoms with Crippen molar-refractivity contribution < 1.29 is 18.9 Å². The van der Waals surface area contributed by atoms with Crippen LogP contribution in [-0.2, 0) is 4.79 Å². The summed E-state index contributed by atoms with van der Waals surface area (Å²) in [5.41, 5.74) is 0.651. The van der Waals surface area contributed by atoms with E-state index < -0.39 is 17.5 Å². The number of Topliss-reactive ketones (excluding diaryl/α,β-unsaturated/α-hetero) is 1. The standard InChI is InChI=1S/C17H16FN5O2/c18-12-2-3-14-13(10-12)15(24)16(25)23(14)11-21-6-8-22(9-7-21)17-19-4-1-5-20-17/h1-5,10H,6-9,11H2/p+1. The average molecular weight is 342 g/mol. The fraction of sp³-hybridized carbons (Fsp3) is 0.294. The quantitative estimate of drug-likeness (QED) is 0.762. The molecule has 1 N–H and O–H groups in total. The Bertz CT molecular complexity index is 821. The van der Waals surface area contributed by atoms with Gasteiger partial charge in [0, 0.05) is 12.4 Å². The summed E-state index contributed by atoms with van der Waals surface area (Å²) in [5, 5.41) is 0. The van der Waals surface area contributed by atoms with Crippen LogP contribution < -0.4 is 14.7 Å². The van der Waals surface area contributed by atoms with Crippen molar-refractivity contribution in [2.24, 2.45) is 0 Å². The maximum Gasteiger partial charge on any atom is 0.303 e. The summed E-state index contributed by atoms with van der Waals surface area (Å²) in [5.74, 6) is -1.02. The summed E-state index contributed by atoms with van der Waals surface area (Å²) in [4.78, 5) is 37.5. The van der Waals surface area contributed by atoms with E-state index in [1.807, 2.05) is 0 Å². The number of aromatic nitrogens is 2. The van der Waals surface area contributed by atoms with Gasteiger partial charge in [0.15, 0.2) is 6.67 Å². The van der Waals surface area contributed by atoms with Crippen molar-refractivity contribution in [2.75, 3.05) is 42.6 Å². The number of rotatable bonds is 3. The first-order chi connectivity index (χ1) is 12.1. The van der Waals surface area contributed by atoms with Gasteiger partial charge >= 0.3 is 5.91 Å². The third-order valence-corrected chi connectivity index (χ3v) is 4.62. The highest BCUT2D eigenvalue weighted by molar-refractivity contribution is 6.52. The van der Waals surface area contributed by atoms with Crippen LogP contribution in [0.15, 0.2) is 36.7 Å². The number of halogens is 1. The second-order valence-corrected chi connectivity index (χ2v) is 6.17. The van der Waals surface area contributed by atoms with Crippen LogP contribution in [-0.4, -0.2) is 54.5 Å². The number of nitrogens with one attached hydrogen (secondary N) is 1. The minimum absolute atomic E-state index is 0.153. The summed E-state index contributed by atoms with van der Waals surface area (Å²) >= 11 is 0. The Morgan fingerprint density at radius 1 is 1.12 bits per heavy atom. The van der Waals surface area contributed by atoms with Gasteiger partial charge in [0.25, 0.3) is 5.78 Å². The van der Waals surface area contributed by atoms with E-state index in [-0.39, 0.29) is 5.56 Å². The molecule has 1 saturated heterocycles. The minimum Gasteiger partial charge on any atom is -0.330 e. The molecule has 1 fully saturated rings.